The third-order valence-electron chi connectivity index (χ3n) is 2.07. The third-order valence-corrected chi connectivity index (χ3v) is 3.78. The minimum absolute atomic E-state index is 0.0309. The quantitative estimate of drug-likeness (QED) is 0.817. The van der Waals surface area contributed by atoms with Crippen LogP contribution in [0.5, 0.6) is 11.5 Å². The minimum Gasteiger partial charge on any atom is -0.497 e. The molecule has 0 fully saturated rings. The second-order valence-corrected chi connectivity index (χ2v) is 5.14. The van der Waals surface area contributed by atoms with Gasteiger partial charge in [-0.15, -0.1) is 0 Å². The smallest absolute Gasteiger partial charge is 0.184 e. The summed E-state index contributed by atoms with van der Waals surface area (Å²) in [6.07, 6.45) is 0. The van der Waals surface area contributed by atoms with Crippen LogP contribution in [0.1, 0.15) is 0 Å². The largest absolute Gasteiger partial charge is 0.497 e. The molecule has 0 saturated carbocycles. The maximum Gasteiger partial charge on any atom is 0.184 e. The summed E-state index contributed by atoms with van der Waals surface area (Å²) in [7, 11) is -0.703. The average Bonchev–Trinajstić information content (AvgIpc) is 2.28. The van der Waals surface area contributed by atoms with Crippen molar-refractivity contribution in [2.45, 2.75) is 4.90 Å². The molecule has 5 nitrogen and oxygen atoms in total. The highest BCUT2D eigenvalue weighted by Gasteiger charge is 2.19. The fourth-order valence-corrected chi connectivity index (χ4v) is 2.47. The van der Waals surface area contributed by atoms with Gasteiger partial charge in [0, 0.05) is 6.07 Å². The van der Waals surface area contributed by atoms with Gasteiger partial charge in [0.25, 0.3) is 0 Å². The number of sulfone groups is 1. The molecule has 1 aromatic rings. The Morgan fingerprint density at radius 2 is 1.94 bits per heavy atom. The molecule has 0 amide bonds. The molecule has 1 rings (SSSR count). The molecule has 0 bridgehead atoms. The number of benzene rings is 1. The van der Waals surface area contributed by atoms with Crippen molar-refractivity contribution in [3.63, 3.8) is 0 Å². The van der Waals surface area contributed by atoms with Crippen molar-refractivity contribution in [1.29, 1.82) is 0 Å². The Bertz CT molecular complexity index is 452. The van der Waals surface area contributed by atoms with Crippen molar-refractivity contribution in [3.05, 3.63) is 18.2 Å². The van der Waals surface area contributed by atoms with E-state index in [1.54, 1.807) is 6.07 Å². The van der Waals surface area contributed by atoms with E-state index >= 15 is 0 Å². The topological polar surface area (TPSA) is 72.8 Å². The van der Waals surface area contributed by atoms with E-state index in [9.17, 15) is 8.42 Å². The van der Waals surface area contributed by atoms with E-state index in [0.29, 0.717) is 5.75 Å². The van der Waals surface area contributed by atoms with Crippen molar-refractivity contribution < 1.29 is 23.0 Å². The van der Waals surface area contributed by atoms with E-state index in [1.807, 2.05) is 0 Å². The van der Waals surface area contributed by atoms with Crippen LogP contribution in [0.3, 0.4) is 0 Å². The number of hydrogen-bond donors (Lipinski definition) is 1. The first-order valence-corrected chi connectivity index (χ1v) is 6.26. The molecular weight excluding hydrogens is 232 g/mol. The first kappa shape index (κ1) is 12.8. The number of methoxy groups -OCH3 is 2. The van der Waals surface area contributed by atoms with Crippen molar-refractivity contribution in [2.24, 2.45) is 0 Å². The summed E-state index contributed by atoms with van der Waals surface area (Å²) in [4.78, 5) is 0.0309. The summed E-state index contributed by atoms with van der Waals surface area (Å²) in [5.41, 5.74) is 0. The minimum atomic E-state index is -3.54. The standard InChI is InChI=1S/C10H14O5S/c1-14-8-3-4-9(15-2)10(7-8)16(12,13)6-5-11/h3-4,7,11H,5-6H2,1-2H3. The highest BCUT2D eigenvalue weighted by molar-refractivity contribution is 7.91. The summed E-state index contributed by atoms with van der Waals surface area (Å²) in [5.74, 6) is 0.336. The zero-order valence-electron chi connectivity index (χ0n) is 9.13. The molecule has 1 N–H and O–H groups in total. The van der Waals surface area contributed by atoms with E-state index in [1.165, 1.54) is 26.4 Å². The Morgan fingerprint density at radius 3 is 2.44 bits per heavy atom. The van der Waals surface area contributed by atoms with Gasteiger partial charge in [0.05, 0.1) is 26.6 Å². The van der Waals surface area contributed by atoms with E-state index in [0.717, 1.165) is 0 Å². The summed E-state index contributed by atoms with van der Waals surface area (Å²) in [5, 5.41) is 8.70. The Balaban J connectivity index is 3.29. The van der Waals surface area contributed by atoms with Gasteiger partial charge < -0.3 is 14.6 Å². The molecule has 0 saturated heterocycles. The fraction of sp³-hybridized carbons (Fsp3) is 0.400. The SMILES string of the molecule is COc1ccc(OC)c(S(=O)(=O)CCO)c1. The second kappa shape index (κ2) is 5.18. The Morgan fingerprint density at radius 1 is 1.25 bits per heavy atom. The zero-order valence-corrected chi connectivity index (χ0v) is 9.95. The number of hydrogen-bond acceptors (Lipinski definition) is 5. The van der Waals surface area contributed by atoms with Gasteiger partial charge in [-0.2, -0.15) is 0 Å². The third kappa shape index (κ3) is 2.65. The lowest BCUT2D eigenvalue weighted by molar-refractivity contribution is 0.319. The van der Waals surface area contributed by atoms with Gasteiger partial charge in [-0.25, -0.2) is 8.42 Å². The molecule has 0 aliphatic carbocycles. The lowest BCUT2D eigenvalue weighted by Gasteiger charge is -2.10. The van der Waals surface area contributed by atoms with Gasteiger partial charge in [-0.3, -0.25) is 0 Å². The van der Waals surface area contributed by atoms with Crippen LogP contribution in [0, 0.1) is 0 Å². The van der Waals surface area contributed by atoms with Gasteiger partial charge in [-0.1, -0.05) is 0 Å². The van der Waals surface area contributed by atoms with Gasteiger partial charge in [0.2, 0.25) is 0 Å². The predicted octanol–water partition coefficient (Wildman–Crippen LogP) is 0.470. The highest BCUT2D eigenvalue weighted by atomic mass is 32.2. The summed E-state index contributed by atoms with van der Waals surface area (Å²) >= 11 is 0. The highest BCUT2D eigenvalue weighted by Crippen LogP contribution is 2.28. The molecule has 0 spiro atoms. The molecule has 0 aliphatic heterocycles. The number of aliphatic hydroxyl groups is 1. The lowest BCUT2D eigenvalue weighted by Crippen LogP contribution is -2.11. The fourth-order valence-electron chi connectivity index (χ4n) is 1.26. The van der Waals surface area contributed by atoms with Gasteiger partial charge in [0.15, 0.2) is 9.84 Å². The van der Waals surface area contributed by atoms with Crippen molar-refractivity contribution in [1.82, 2.24) is 0 Å². The first-order valence-electron chi connectivity index (χ1n) is 4.61. The van der Waals surface area contributed by atoms with Crippen LogP contribution in [0.25, 0.3) is 0 Å². The van der Waals surface area contributed by atoms with Crippen LogP contribution in [0.15, 0.2) is 23.1 Å². The normalized spacial score (nSPS) is 11.2. The molecule has 1 aromatic carbocycles. The van der Waals surface area contributed by atoms with Gasteiger partial charge in [-0.05, 0) is 12.1 Å². The molecule has 6 heteroatoms. The van der Waals surface area contributed by atoms with E-state index in [2.05, 4.69) is 0 Å². The Labute approximate surface area is 94.5 Å². The monoisotopic (exact) mass is 246 g/mol. The Kier molecular flexibility index (Phi) is 4.14. The molecule has 0 heterocycles. The van der Waals surface area contributed by atoms with Crippen molar-refractivity contribution in [3.8, 4) is 11.5 Å². The van der Waals surface area contributed by atoms with E-state index in [-0.39, 0.29) is 16.4 Å². The molecule has 16 heavy (non-hydrogen) atoms. The average molecular weight is 246 g/mol. The Hall–Kier alpha value is -1.27. The van der Waals surface area contributed by atoms with Crippen LogP contribution >= 0.6 is 0 Å². The maximum atomic E-state index is 11.8. The summed E-state index contributed by atoms with van der Waals surface area (Å²) in [6, 6.07) is 4.50. The van der Waals surface area contributed by atoms with Gasteiger partial charge in [0.1, 0.15) is 16.4 Å². The van der Waals surface area contributed by atoms with Crippen LogP contribution < -0.4 is 9.47 Å². The number of rotatable bonds is 5. The lowest BCUT2D eigenvalue weighted by atomic mass is 10.3. The van der Waals surface area contributed by atoms with Crippen molar-refractivity contribution >= 4 is 9.84 Å². The molecule has 0 aliphatic rings. The van der Waals surface area contributed by atoms with Crippen LogP contribution in [0.4, 0.5) is 0 Å². The predicted molar refractivity (Wildman–Crippen MR) is 58.7 cm³/mol. The number of ether oxygens (including phenoxy) is 2. The molecule has 90 valence electrons. The van der Waals surface area contributed by atoms with E-state index in [4.69, 9.17) is 14.6 Å². The summed E-state index contributed by atoms with van der Waals surface area (Å²) in [6.45, 7) is -0.428. The molecule has 0 unspecified atom stereocenters. The molecule has 0 radical (unpaired) electrons. The molecule has 0 atom stereocenters. The summed E-state index contributed by atoms with van der Waals surface area (Å²) < 4.78 is 33.5. The number of aliphatic hydroxyl groups excluding tert-OH is 1. The van der Waals surface area contributed by atoms with Crippen LogP contribution in [-0.2, 0) is 9.84 Å². The zero-order chi connectivity index (χ0) is 12.2. The molecular formula is C10H14O5S. The van der Waals surface area contributed by atoms with E-state index < -0.39 is 16.4 Å². The maximum absolute atomic E-state index is 11.8. The van der Waals surface area contributed by atoms with Crippen LogP contribution in [0.2, 0.25) is 0 Å². The first-order chi connectivity index (χ1) is 7.55. The van der Waals surface area contributed by atoms with Gasteiger partial charge >= 0.3 is 0 Å². The molecule has 0 aromatic heterocycles. The second-order valence-electron chi connectivity index (χ2n) is 3.06. The van der Waals surface area contributed by atoms with Crippen molar-refractivity contribution in [2.75, 3.05) is 26.6 Å². The van der Waals surface area contributed by atoms with Crippen LogP contribution in [-0.4, -0.2) is 40.1 Å².